The van der Waals surface area contributed by atoms with Gasteiger partial charge in [-0.15, -0.1) is 0 Å². The summed E-state index contributed by atoms with van der Waals surface area (Å²) >= 11 is 0. The van der Waals surface area contributed by atoms with Crippen LogP contribution in [0.4, 0.5) is 0 Å². The van der Waals surface area contributed by atoms with Gasteiger partial charge >= 0.3 is 0 Å². The van der Waals surface area contributed by atoms with Crippen LogP contribution in [0.1, 0.15) is 49.2 Å². The zero-order chi connectivity index (χ0) is 15.5. The molecule has 1 rings (SSSR count). The molecule has 0 amide bonds. The summed E-state index contributed by atoms with van der Waals surface area (Å²) in [6, 6.07) is 5.60. The molecular formula is C17H27NO2. The Balaban J connectivity index is 2.91. The van der Waals surface area contributed by atoms with Gasteiger partial charge in [-0.05, 0) is 58.4 Å². The van der Waals surface area contributed by atoms with Crippen molar-refractivity contribution in [1.29, 1.82) is 0 Å². The normalized spacial score (nSPS) is 13.6. The summed E-state index contributed by atoms with van der Waals surface area (Å²) in [4.78, 5) is 14.6. The van der Waals surface area contributed by atoms with E-state index in [0.29, 0.717) is 6.54 Å². The van der Waals surface area contributed by atoms with Crippen LogP contribution in [0.2, 0.25) is 0 Å². The molecule has 112 valence electrons. The highest BCUT2D eigenvalue weighted by Crippen LogP contribution is 2.16. The third-order valence-electron chi connectivity index (χ3n) is 3.71. The number of aliphatic hydroxyl groups is 1. The molecule has 20 heavy (non-hydrogen) atoms. The molecule has 0 spiro atoms. The van der Waals surface area contributed by atoms with E-state index in [-0.39, 0.29) is 11.8 Å². The van der Waals surface area contributed by atoms with Crippen molar-refractivity contribution in [1.82, 2.24) is 4.90 Å². The summed E-state index contributed by atoms with van der Waals surface area (Å²) in [5.74, 6) is 0.110. The monoisotopic (exact) mass is 277 g/mol. The van der Waals surface area contributed by atoms with E-state index in [0.717, 1.165) is 17.7 Å². The predicted octanol–water partition coefficient (Wildman–Crippen LogP) is 2.97. The lowest BCUT2D eigenvalue weighted by Gasteiger charge is -2.32. The Labute approximate surface area is 122 Å². The van der Waals surface area contributed by atoms with Gasteiger partial charge in [0.1, 0.15) is 0 Å². The highest BCUT2D eigenvalue weighted by Gasteiger charge is 2.26. The number of nitrogens with zero attached hydrogens (tertiary/aromatic N) is 1. The first-order valence-corrected chi connectivity index (χ1v) is 7.23. The van der Waals surface area contributed by atoms with Crippen molar-refractivity contribution in [2.45, 2.75) is 53.2 Å². The highest BCUT2D eigenvalue weighted by atomic mass is 16.3. The van der Waals surface area contributed by atoms with Crippen LogP contribution in [0.3, 0.4) is 0 Å². The van der Waals surface area contributed by atoms with Crippen molar-refractivity contribution in [3.05, 3.63) is 34.9 Å². The summed E-state index contributed by atoms with van der Waals surface area (Å²) in [6.45, 7) is 12.7. The van der Waals surface area contributed by atoms with Gasteiger partial charge in [0.05, 0.1) is 11.6 Å². The molecule has 0 fully saturated rings. The van der Waals surface area contributed by atoms with Crippen molar-refractivity contribution < 1.29 is 9.90 Å². The number of rotatable bonds is 6. The second-order valence-electron chi connectivity index (χ2n) is 6.21. The molecule has 3 heteroatoms. The molecule has 0 aromatic heterocycles. The summed E-state index contributed by atoms with van der Waals surface area (Å²) in [5.41, 5.74) is 2.27. The fraction of sp³-hybridized carbons (Fsp3) is 0.588. The second kappa shape index (κ2) is 6.51. The molecule has 0 saturated heterocycles. The Bertz CT molecular complexity index is 474. The number of Topliss-reactive ketones (excluding diaryl/α,β-unsaturated/α-hetero) is 1. The van der Waals surface area contributed by atoms with E-state index in [9.17, 15) is 9.90 Å². The van der Waals surface area contributed by atoms with E-state index in [4.69, 9.17) is 0 Å². The molecule has 0 aliphatic carbocycles. The maximum Gasteiger partial charge on any atom is 0.179 e. The smallest absolute Gasteiger partial charge is 0.179 e. The third-order valence-corrected chi connectivity index (χ3v) is 3.71. The minimum Gasteiger partial charge on any atom is -0.389 e. The average Bonchev–Trinajstić information content (AvgIpc) is 2.36. The van der Waals surface area contributed by atoms with Gasteiger partial charge in [-0.25, -0.2) is 0 Å². The van der Waals surface area contributed by atoms with Crippen molar-refractivity contribution in [2.75, 3.05) is 13.1 Å². The Morgan fingerprint density at radius 3 is 2.35 bits per heavy atom. The maximum atomic E-state index is 12.6. The highest BCUT2D eigenvalue weighted by molar-refractivity contribution is 6.00. The largest absolute Gasteiger partial charge is 0.389 e. The minimum atomic E-state index is -0.798. The second-order valence-corrected chi connectivity index (χ2v) is 6.21. The number of ketones is 1. The van der Waals surface area contributed by atoms with Crippen LogP contribution in [0.15, 0.2) is 18.2 Å². The lowest BCUT2D eigenvalue weighted by molar-refractivity contribution is 0.0254. The Morgan fingerprint density at radius 2 is 1.90 bits per heavy atom. The lowest BCUT2D eigenvalue weighted by Crippen LogP contribution is -2.46. The number of aryl methyl sites for hydroxylation is 2. The van der Waals surface area contributed by atoms with E-state index in [1.165, 1.54) is 5.56 Å². The fourth-order valence-electron chi connectivity index (χ4n) is 2.32. The van der Waals surface area contributed by atoms with Gasteiger partial charge in [0.25, 0.3) is 0 Å². The number of hydrogen-bond donors (Lipinski definition) is 1. The van der Waals surface area contributed by atoms with Gasteiger partial charge in [-0.2, -0.15) is 0 Å². The molecular weight excluding hydrogens is 250 g/mol. The van der Waals surface area contributed by atoms with Crippen LogP contribution in [0.25, 0.3) is 0 Å². The predicted molar refractivity (Wildman–Crippen MR) is 83.3 cm³/mol. The topological polar surface area (TPSA) is 40.5 Å². The van der Waals surface area contributed by atoms with E-state index < -0.39 is 5.60 Å². The number of carbonyl (C=O) groups excluding carboxylic acids is 1. The molecule has 0 heterocycles. The molecule has 3 nitrogen and oxygen atoms in total. The molecule has 0 aliphatic heterocycles. The minimum absolute atomic E-state index is 0.110. The molecule has 1 N–H and O–H groups in total. The van der Waals surface area contributed by atoms with Gasteiger partial charge in [0.15, 0.2) is 5.78 Å². The van der Waals surface area contributed by atoms with Gasteiger partial charge in [0, 0.05) is 12.1 Å². The number of carbonyl (C=O) groups is 1. The van der Waals surface area contributed by atoms with Crippen LogP contribution in [0.5, 0.6) is 0 Å². The van der Waals surface area contributed by atoms with E-state index in [1.807, 2.05) is 50.8 Å². The van der Waals surface area contributed by atoms with Crippen LogP contribution in [0, 0.1) is 13.8 Å². The Kier molecular flexibility index (Phi) is 5.49. The molecule has 0 aliphatic rings. The third kappa shape index (κ3) is 4.43. The Morgan fingerprint density at radius 1 is 1.30 bits per heavy atom. The van der Waals surface area contributed by atoms with Crippen LogP contribution in [-0.2, 0) is 0 Å². The molecule has 1 aromatic rings. The van der Waals surface area contributed by atoms with E-state index in [1.54, 1.807) is 13.8 Å². The zero-order valence-corrected chi connectivity index (χ0v) is 13.5. The van der Waals surface area contributed by atoms with Crippen molar-refractivity contribution >= 4 is 5.78 Å². The molecule has 1 atom stereocenters. The number of hydrogen-bond acceptors (Lipinski definition) is 3. The molecule has 0 bridgehead atoms. The first-order valence-electron chi connectivity index (χ1n) is 7.23. The number of benzene rings is 1. The summed E-state index contributed by atoms with van der Waals surface area (Å²) in [6.07, 6.45) is 0. The van der Waals surface area contributed by atoms with Crippen molar-refractivity contribution in [2.24, 2.45) is 0 Å². The van der Waals surface area contributed by atoms with Crippen LogP contribution < -0.4 is 0 Å². The first kappa shape index (κ1) is 16.9. The quantitative estimate of drug-likeness (QED) is 0.813. The van der Waals surface area contributed by atoms with Gasteiger partial charge in [-0.1, -0.05) is 19.1 Å². The fourth-order valence-corrected chi connectivity index (χ4v) is 2.32. The SMILES string of the molecule is CCN(CC(C)(C)O)C(C)C(=O)c1ccc(C)c(C)c1. The standard InChI is InChI=1S/C17H27NO2/c1-7-18(11-17(5,6)20)14(4)16(19)15-9-8-12(2)13(3)10-15/h8-10,14,20H,7,11H2,1-6H3. The summed E-state index contributed by atoms with van der Waals surface area (Å²) in [5, 5.41) is 9.95. The van der Waals surface area contributed by atoms with E-state index >= 15 is 0 Å². The first-order chi connectivity index (χ1) is 9.15. The molecule has 1 aromatic carbocycles. The number of likely N-dealkylation sites (N-methyl/N-ethyl adjacent to an activating group) is 1. The van der Waals surface area contributed by atoms with Gasteiger partial charge in [0.2, 0.25) is 0 Å². The van der Waals surface area contributed by atoms with Gasteiger partial charge < -0.3 is 5.11 Å². The molecule has 0 radical (unpaired) electrons. The average molecular weight is 277 g/mol. The summed E-state index contributed by atoms with van der Waals surface area (Å²) < 4.78 is 0. The maximum absolute atomic E-state index is 12.6. The zero-order valence-electron chi connectivity index (χ0n) is 13.5. The van der Waals surface area contributed by atoms with Gasteiger partial charge in [-0.3, -0.25) is 9.69 Å². The van der Waals surface area contributed by atoms with Crippen molar-refractivity contribution in [3.8, 4) is 0 Å². The van der Waals surface area contributed by atoms with Crippen molar-refractivity contribution in [3.63, 3.8) is 0 Å². The Hall–Kier alpha value is -1.19. The molecule has 0 saturated carbocycles. The van der Waals surface area contributed by atoms with E-state index in [2.05, 4.69) is 0 Å². The lowest BCUT2D eigenvalue weighted by atomic mass is 9.98. The summed E-state index contributed by atoms with van der Waals surface area (Å²) in [7, 11) is 0. The van der Waals surface area contributed by atoms with Crippen LogP contribution >= 0.6 is 0 Å². The molecule has 1 unspecified atom stereocenters. The van der Waals surface area contributed by atoms with Crippen LogP contribution in [-0.4, -0.2) is 40.5 Å².